The first kappa shape index (κ1) is 14.2. The van der Waals surface area contributed by atoms with E-state index in [0.29, 0.717) is 24.6 Å². The third-order valence-corrected chi connectivity index (χ3v) is 3.00. The number of carboxylic acid groups (broad SMARTS) is 1. The van der Waals surface area contributed by atoms with Gasteiger partial charge in [0.15, 0.2) is 5.82 Å². The van der Waals surface area contributed by atoms with Crippen LogP contribution < -0.4 is 0 Å². The number of hydrogen-bond donors (Lipinski definition) is 1. The Morgan fingerprint density at radius 2 is 2.25 bits per heavy atom. The van der Waals surface area contributed by atoms with Gasteiger partial charge in [-0.1, -0.05) is 41.9 Å². The van der Waals surface area contributed by atoms with Crippen molar-refractivity contribution in [2.24, 2.45) is 5.92 Å². The minimum atomic E-state index is -0.808. The van der Waals surface area contributed by atoms with Crippen LogP contribution in [0, 0.1) is 12.8 Å². The van der Waals surface area contributed by atoms with Crippen molar-refractivity contribution < 1.29 is 14.4 Å². The summed E-state index contributed by atoms with van der Waals surface area (Å²) >= 11 is 0. The lowest BCUT2D eigenvalue weighted by Gasteiger charge is -2.03. The van der Waals surface area contributed by atoms with Crippen molar-refractivity contribution in [1.82, 2.24) is 10.1 Å². The maximum absolute atomic E-state index is 10.6. The fraction of sp³-hybridized carbons (Fsp3) is 0.400. The van der Waals surface area contributed by atoms with Gasteiger partial charge in [-0.2, -0.15) is 4.98 Å². The molecule has 0 fully saturated rings. The van der Waals surface area contributed by atoms with Crippen LogP contribution in [0.15, 0.2) is 28.8 Å². The number of hydrogen-bond acceptors (Lipinski definition) is 4. The van der Waals surface area contributed by atoms with Crippen LogP contribution in [0.3, 0.4) is 0 Å². The van der Waals surface area contributed by atoms with Crippen molar-refractivity contribution in [3.8, 4) is 0 Å². The van der Waals surface area contributed by atoms with Crippen LogP contribution in [-0.2, 0) is 17.6 Å². The Morgan fingerprint density at radius 1 is 1.45 bits per heavy atom. The van der Waals surface area contributed by atoms with Crippen LogP contribution in [-0.4, -0.2) is 21.2 Å². The summed E-state index contributed by atoms with van der Waals surface area (Å²) in [5, 5.41) is 12.7. The van der Waals surface area contributed by atoms with E-state index in [1.807, 2.05) is 32.0 Å². The molecule has 1 aromatic heterocycles. The molecule has 5 nitrogen and oxygen atoms in total. The maximum Gasteiger partial charge on any atom is 0.303 e. The number of aryl methyl sites for hydroxylation is 1. The minimum absolute atomic E-state index is 0.0141. The van der Waals surface area contributed by atoms with Crippen LogP contribution in [0.5, 0.6) is 0 Å². The number of aromatic nitrogens is 2. The van der Waals surface area contributed by atoms with E-state index in [-0.39, 0.29) is 12.3 Å². The highest BCUT2D eigenvalue weighted by Gasteiger charge is 2.13. The summed E-state index contributed by atoms with van der Waals surface area (Å²) in [6.07, 6.45) is 1.22. The molecule has 0 aliphatic carbocycles. The predicted octanol–water partition coefficient (Wildman–Crippen LogP) is 2.62. The lowest BCUT2D eigenvalue weighted by molar-refractivity contribution is -0.137. The molecule has 2 rings (SSSR count). The van der Waals surface area contributed by atoms with Crippen molar-refractivity contribution in [3.63, 3.8) is 0 Å². The predicted molar refractivity (Wildman–Crippen MR) is 73.4 cm³/mol. The Morgan fingerprint density at radius 3 is 2.95 bits per heavy atom. The van der Waals surface area contributed by atoms with E-state index in [1.54, 1.807) is 0 Å². The minimum Gasteiger partial charge on any atom is -0.481 e. The normalized spacial score (nSPS) is 12.3. The van der Waals surface area contributed by atoms with Crippen molar-refractivity contribution in [3.05, 3.63) is 47.1 Å². The summed E-state index contributed by atoms with van der Waals surface area (Å²) in [7, 11) is 0. The SMILES string of the molecule is Cc1cccc(Cc2noc(CC(C)CC(=O)O)n2)c1. The Bertz CT molecular complexity index is 592. The molecule has 0 aliphatic heterocycles. The monoisotopic (exact) mass is 274 g/mol. The van der Waals surface area contributed by atoms with Gasteiger partial charge in [0, 0.05) is 19.3 Å². The molecule has 1 atom stereocenters. The first-order valence-corrected chi connectivity index (χ1v) is 6.61. The van der Waals surface area contributed by atoms with Gasteiger partial charge in [0.25, 0.3) is 0 Å². The second kappa shape index (κ2) is 6.32. The molecule has 1 N–H and O–H groups in total. The van der Waals surface area contributed by atoms with Crippen LogP contribution in [0.1, 0.15) is 36.2 Å². The Hall–Kier alpha value is -2.17. The van der Waals surface area contributed by atoms with Gasteiger partial charge in [-0.3, -0.25) is 4.79 Å². The third-order valence-electron chi connectivity index (χ3n) is 3.00. The van der Waals surface area contributed by atoms with E-state index in [1.165, 1.54) is 5.56 Å². The standard InChI is InChI=1S/C15H18N2O3/c1-10-4-3-5-12(6-10)9-13-16-14(20-17-13)7-11(2)8-15(18)19/h3-6,11H,7-9H2,1-2H3,(H,18,19). The second-order valence-electron chi connectivity index (χ2n) is 5.18. The van der Waals surface area contributed by atoms with E-state index in [2.05, 4.69) is 16.2 Å². The number of benzene rings is 1. The molecule has 0 bridgehead atoms. The molecule has 0 spiro atoms. The van der Waals surface area contributed by atoms with Gasteiger partial charge in [-0.25, -0.2) is 0 Å². The van der Waals surface area contributed by atoms with Gasteiger partial charge in [0.05, 0.1) is 0 Å². The molecule has 106 valence electrons. The zero-order valence-electron chi connectivity index (χ0n) is 11.7. The van der Waals surface area contributed by atoms with Crippen molar-refractivity contribution >= 4 is 5.97 Å². The summed E-state index contributed by atoms with van der Waals surface area (Å²) in [6.45, 7) is 3.90. The Balaban J connectivity index is 1.97. The number of carboxylic acids is 1. The Kier molecular flexibility index (Phi) is 4.50. The van der Waals surface area contributed by atoms with Gasteiger partial charge in [0.2, 0.25) is 5.89 Å². The second-order valence-corrected chi connectivity index (χ2v) is 5.18. The average molecular weight is 274 g/mol. The summed E-state index contributed by atoms with van der Waals surface area (Å²) in [5.41, 5.74) is 2.33. The topological polar surface area (TPSA) is 76.2 Å². The fourth-order valence-electron chi connectivity index (χ4n) is 2.12. The van der Waals surface area contributed by atoms with Gasteiger partial charge in [-0.05, 0) is 18.4 Å². The molecule has 1 heterocycles. The molecule has 0 amide bonds. The summed E-state index contributed by atoms with van der Waals surface area (Å²) in [6, 6.07) is 8.15. The van der Waals surface area contributed by atoms with Crippen LogP contribution in [0.25, 0.3) is 0 Å². The number of aliphatic carboxylic acids is 1. The van der Waals surface area contributed by atoms with E-state index in [0.717, 1.165) is 5.56 Å². The highest BCUT2D eigenvalue weighted by molar-refractivity contribution is 5.66. The summed E-state index contributed by atoms with van der Waals surface area (Å²) in [5.74, 6) is 0.311. The number of rotatable bonds is 6. The molecule has 5 heteroatoms. The molecule has 0 radical (unpaired) electrons. The average Bonchev–Trinajstić information content (AvgIpc) is 2.75. The van der Waals surface area contributed by atoms with E-state index in [4.69, 9.17) is 9.63 Å². The molecule has 20 heavy (non-hydrogen) atoms. The molecule has 1 unspecified atom stereocenters. The molecule has 2 aromatic rings. The fourth-order valence-corrected chi connectivity index (χ4v) is 2.12. The lowest BCUT2D eigenvalue weighted by atomic mass is 10.0. The maximum atomic E-state index is 10.6. The number of carbonyl (C=O) groups is 1. The molecule has 1 aromatic carbocycles. The molecule has 0 aliphatic rings. The van der Waals surface area contributed by atoms with Crippen LogP contribution in [0.4, 0.5) is 0 Å². The van der Waals surface area contributed by atoms with E-state index in [9.17, 15) is 4.79 Å². The van der Waals surface area contributed by atoms with Gasteiger partial charge in [0.1, 0.15) is 0 Å². The zero-order valence-corrected chi connectivity index (χ0v) is 11.7. The van der Waals surface area contributed by atoms with E-state index < -0.39 is 5.97 Å². The molecular formula is C15H18N2O3. The summed E-state index contributed by atoms with van der Waals surface area (Å²) in [4.78, 5) is 14.9. The smallest absolute Gasteiger partial charge is 0.303 e. The van der Waals surface area contributed by atoms with Gasteiger partial charge in [-0.15, -0.1) is 0 Å². The lowest BCUT2D eigenvalue weighted by Crippen LogP contribution is -2.07. The van der Waals surface area contributed by atoms with Crippen LogP contribution in [0.2, 0.25) is 0 Å². The van der Waals surface area contributed by atoms with Crippen molar-refractivity contribution in [2.45, 2.75) is 33.1 Å². The highest BCUT2D eigenvalue weighted by atomic mass is 16.5. The van der Waals surface area contributed by atoms with Gasteiger partial charge < -0.3 is 9.63 Å². The van der Waals surface area contributed by atoms with Crippen molar-refractivity contribution in [1.29, 1.82) is 0 Å². The first-order chi connectivity index (χ1) is 9.52. The largest absolute Gasteiger partial charge is 0.481 e. The molecule has 0 saturated carbocycles. The van der Waals surface area contributed by atoms with Crippen LogP contribution >= 0.6 is 0 Å². The number of nitrogens with zero attached hydrogens (tertiary/aromatic N) is 2. The summed E-state index contributed by atoms with van der Waals surface area (Å²) < 4.78 is 5.17. The quantitative estimate of drug-likeness (QED) is 0.876. The highest BCUT2D eigenvalue weighted by Crippen LogP contribution is 2.13. The molecule has 0 saturated heterocycles. The molecular weight excluding hydrogens is 256 g/mol. The van der Waals surface area contributed by atoms with Crippen molar-refractivity contribution in [2.75, 3.05) is 0 Å². The zero-order chi connectivity index (χ0) is 14.5. The van der Waals surface area contributed by atoms with Gasteiger partial charge >= 0.3 is 5.97 Å². The Labute approximate surface area is 117 Å². The first-order valence-electron chi connectivity index (χ1n) is 6.61. The van der Waals surface area contributed by atoms with E-state index >= 15 is 0 Å². The third kappa shape index (κ3) is 4.19.